The average molecular weight is 350 g/mol. The Balaban J connectivity index is 1.40. The minimum absolute atomic E-state index is 0.0110. The van der Waals surface area contributed by atoms with Crippen molar-refractivity contribution in [1.82, 2.24) is 10.2 Å². The maximum absolute atomic E-state index is 12.3. The number of hydrogen-bond donors (Lipinski definition) is 2. The Morgan fingerprint density at radius 3 is 2.88 bits per heavy atom. The molecule has 2 aliphatic rings. The molecule has 0 radical (unpaired) electrons. The molecule has 0 bridgehead atoms. The van der Waals surface area contributed by atoms with Gasteiger partial charge < -0.3 is 15.3 Å². The molecule has 1 aliphatic heterocycles. The number of nitrogens with one attached hydrogen (secondary N) is 1. The predicted octanol–water partition coefficient (Wildman–Crippen LogP) is 1.78. The summed E-state index contributed by atoms with van der Waals surface area (Å²) in [6.07, 6.45) is 3.06. The van der Waals surface area contributed by atoms with Crippen LogP contribution < -0.4 is 5.32 Å². The first kappa shape index (κ1) is 17.0. The van der Waals surface area contributed by atoms with Gasteiger partial charge in [-0.1, -0.05) is 0 Å². The van der Waals surface area contributed by atoms with Gasteiger partial charge in [-0.15, -0.1) is 11.3 Å². The SMILES string of the molecule is O=C(CCC(=O)N1CCc2sccc2C1)N[C@@H]1CC[C@H](C(=O)O)C1. The Bertz CT molecular complexity index is 642. The molecular formula is C17H22N2O4S. The molecule has 1 aromatic heterocycles. The standard InChI is InChI=1S/C17H22N2O4S/c20-15(18-13-2-1-11(9-13)17(22)23)3-4-16(21)19-7-5-14-12(10-19)6-8-24-14/h6,8,11,13H,1-5,7,9-10H2,(H,18,20)(H,22,23)/t11-,13+/m0/s1. The van der Waals surface area contributed by atoms with Crippen LogP contribution in [-0.4, -0.2) is 40.4 Å². The molecule has 0 aromatic carbocycles. The van der Waals surface area contributed by atoms with Gasteiger partial charge in [0, 0.05) is 36.9 Å². The van der Waals surface area contributed by atoms with Crippen molar-refractivity contribution in [3.63, 3.8) is 0 Å². The number of thiophene rings is 1. The van der Waals surface area contributed by atoms with Gasteiger partial charge >= 0.3 is 5.97 Å². The lowest BCUT2D eigenvalue weighted by atomic mass is 10.1. The third-order valence-electron chi connectivity index (χ3n) is 4.87. The molecule has 1 aromatic rings. The van der Waals surface area contributed by atoms with E-state index in [0.717, 1.165) is 13.0 Å². The van der Waals surface area contributed by atoms with Crippen molar-refractivity contribution in [2.24, 2.45) is 5.92 Å². The third-order valence-corrected chi connectivity index (χ3v) is 5.90. The highest BCUT2D eigenvalue weighted by molar-refractivity contribution is 7.10. The zero-order valence-electron chi connectivity index (χ0n) is 13.5. The van der Waals surface area contributed by atoms with Gasteiger partial charge in [0.2, 0.25) is 11.8 Å². The molecule has 24 heavy (non-hydrogen) atoms. The minimum atomic E-state index is -0.792. The molecule has 2 heterocycles. The van der Waals surface area contributed by atoms with E-state index in [1.165, 1.54) is 10.4 Å². The summed E-state index contributed by atoms with van der Waals surface area (Å²) in [6.45, 7) is 1.36. The van der Waals surface area contributed by atoms with Gasteiger partial charge in [-0.2, -0.15) is 0 Å². The summed E-state index contributed by atoms with van der Waals surface area (Å²) in [6, 6.07) is 1.99. The summed E-state index contributed by atoms with van der Waals surface area (Å²) in [5.41, 5.74) is 1.22. The number of amides is 2. The Labute approximate surface area is 144 Å². The van der Waals surface area contributed by atoms with Gasteiger partial charge in [-0.25, -0.2) is 0 Å². The van der Waals surface area contributed by atoms with Crippen molar-refractivity contribution >= 4 is 29.1 Å². The zero-order valence-corrected chi connectivity index (χ0v) is 14.3. The number of hydrogen-bond acceptors (Lipinski definition) is 4. The van der Waals surface area contributed by atoms with Gasteiger partial charge in [0.25, 0.3) is 0 Å². The lowest BCUT2D eigenvalue weighted by molar-refractivity contribution is -0.141. The van der Waals surface area contributed by atoms with Crippen LogP contribution in [0.1, 0.15) is 42.5 Å². The summed E-state index contributed by atoms with van der Waals surface area (Å²) < 4.78 is 0. The average Bonchev–Trinajstić information content (AvgIpc) is 3.20. The lowest BCUT2D eigenvalue weighted by Gasteiger charge is -2.27. The number of rotatable bonds is 5. The highest BCUT2D eigenvalue weighted by Crippen LogP contribution is 2.26. The molecule has 2 atom stereocenters. The van der Waals surface area contributed by atoms with Crippen LogP contribution in [0.25, 0.3) is 0 Å². The summed E-state index contributed by atoms with van der Waals surface area (Å²) >= 11 is 1.73. The maximum Gasteiger partial charge on any atom is 0.306 e. The fourth-order valence-electron chi connectivity index (χ4n) is 3.48. The normalized spacial score (nSPS) is 22.9. The van der Waals surface area contributed by atoms with Crippen molar-refractivity contribution in [3.8, 4) is 0 Å². The number of fused-ring (bicyclic) bond motifs is 1. The molecule has 7 heteroatoms. The van der Waals surface area contributed by atoms with Crippen LogP contribution >= 0.6 is 11.3 Å². The molecule has 2 amide bonds. The number of carbonyl (C=O) groups is 3. The third kappa shape index (κ3) is 3.95. The summed E-state index contributed by atoms with van der Waals surface area (Å²) in [5.74, 6) is -1.30. The Morgan fingerprint density at radius 1 is 1.29 bits per heavy atom. The second-order valence-electron chi connectivity index (χ2n) is 6.55. The van der Waals surface area contributed by atoms with E-state index in [1.54, 1.807) is 11.3 Å². The van der Waals surface area contributed by atoms with Crippen LogP contribution in [0, 0.1) is 5.92 Å². The second-order valence-corrected chi connectivity index (χ2v) is 7.55. The Morgan fingerprint density at radius 2 is 2.12 bits per heavy atom. The van der Waals surface area contributed by atoms with Crippen LogP contribution in [0.2, 0.25) is 0 Å². The van der Waals surface area contributed by atoms with E-state index in [0.29, 0.717) is 25.8 Å². The Hall–Kier alpha value is -1.89. The lowest BCUT2D eigenvalue weighted by Crippen LogP contribution is -2.37. The van der Waals surface area contributed by atoms with E-state index in [-0.39, 0.29) is 36.6 Å². The monoisotopic (exact) mass is 350 g/mol. The molecule has 1 aliphatic carbocycles. The molecule has 1 fully saturated rings. The molecule has 2 N–H and O–H groups in total. The van der Waals surface area contributed by atoms with E-state index in [2.05, 4.69) is 16.8 Å². The first-order valence-corrected chi connectivity index (χ1v) is 9.26. The zero-order chi connectivity index (χ0) is 17.1. The Kier molecular flexibility index (Phi) is 5.18. The number of nitrogens with zero attached hydrogens (tertiary/aromatic N) is 1. The molecule has 0 spiro atoms. The van der Waals surface area contributed by atoms with Gasteiger partial charge in [0.15, 0.2) is 0 Å². The highest BCUT2D eigenvalue weighted by Gasteiger charge is 2.30. The van der Waals surface area contributed by atoms with Crippen molar-refractivity contribution in [2.45, 2.75) is 51.1 Å². The minimum Gasteiger partial charge on any atom is -0.481 e. The molecule has 130 valence electrons. The van der Waals surface area contributed by atoms with Gasteiger partial charge in [0.05, 0.1) is 5.92 Å². The summed E-state index contributed by atoms with van der Waals surface area (Å²) in [5, 5.41) is 13.9. The largest absolute Gasteiger partial charge is 0.481 e. The molecular weight excluding hydrogens is 328 g/mol. The first-order chi connectivity index (χ1) is 11.5. The number of carbonyl (C=O) groups excluding carboxylic acids is 2. The van der Waals surface area contributed by atoms with Crippen LogP contribution in [-0.2, 0) is 27.3 Å². The van der Waals surface area contributed by atoms with Crippen molar-refractivity contribution in [3.05, 3.63) is 21.9 Å². The second kappa shape index (κ2) is 7.34. The number of carboxylic acid groups (broad SMARTS) is 1. The van der Waals surface area contributed by atoms with Crippen LogP contribution in [0.15, 0.2) is 11.4 Å². The van der Waals surface area contributed by atoms with Crippen molar-refractivity contribution < 1.29 is 19.5 Å². The van der Waals surface area contributed by atoms with Crippen LogP contribution in [0.4, 0.5) is 0 Å². The van der Waals surface area contributed by atoms with Gasteiger partial charge in [-0.05, 0) is 42.7 Å². The molecule has 0 saturated heterocycles. The van der Waals surface area contributed by atoms with E-state index in [4.69, 9.17) is 5.11 Å². The number of carboxylic acids is 1. The highest BCUT2D eigenvalue weighted by atomic mass is 32.1. The topological polar surface area (TPSA) is 86.7 Å². The summed E-state index contributed by atoms with van der Waals surface area (Å²) in [4.78, 5) is 38.4. The van der Waals surface area contributed by atoms with Crippen LogP contribution in [0.3, 0.4) is 0 Å². The van der Waals surface area contributed by atoms with Gasteiger partial charge in [-0.3, -0.25) is 14.4 Å². The van der Waals surface area contributed by atoms with E-state index >= 15 is 0 Å². The first-order valence-electron chi connectivity index (χ1n) is 8.38. The smallest absolute Gasteiger partial charge is 0.306 e. The number of aliphatic carboxylic acids is 1. The fraction of sp³-hybridized carbons (Fsp3) is 0.588. The molecule has 6 nitrogen and oxygen atoms in total. The fourth-order valence-corrected chi connectivity index (χ4v) is 4.37. The molecule has 1 saturated carbocycles. The van der Waals surface area contributed by atoms with Crippen molar-refractivity contribution in [2.75, 3.05) is 6.54 Å². The quantitative estimate of drug-likeness (QED) is 0.847. The summed E-state index contributed by atoms with van der Waals surface area (Å²) in [7, 11) is 0. The van der Waals surface area contributed by atoms with E-state index in [9.17, 15) is 14.4 Å². The van der Waals surface area contributed by atoms with E-state index < -0.39 is 5.97 Å². The predicted molar refractivity (Wildman–Crippen MR) is 89.6 cm³/mol. The molecule has 0 unspecified atom stereocenters. The van der Waals surface area contributed by atoms with Gasteiger partial charge in [0.1, 0.15) is 0 Å². The van der Waals surface area contributed by atoms with E-state index in [1.807, 2.05) is 4.90 Å². The van der Waals surface area contributed by atoms with Crippen molar-refractivity contribution in [1.29, 1.82) is 0 Å². The van der Waals surface area contributed by atoms with Crippen LogP contribution in [0.5, 0.6) is 0 Å². The molecule has 3 rings (SSSR count). The maximum atomic E-state index is 12.3.